The lowest BCUT2D eigenvalue weighted by Crippen LogP contribution is -2.46. The molecule has 1 aliphatic rings. The minimum absolute atomic E-state index is 0.00568. The van der Waals surface area contributed by atoms with Gasteiger partial charge in [0.15, 0.2) is 0 Å². The first-order chi connectivity index (χ1) is 10.1. The van der Waals surface area contributed by atoms with E-state index in [0.717, 1.165) is 12.8 Å². The molecule has 1 heterocycles. The highest BCUT2D eigenvalue weighted by atomic mass is 35.5. The van der Waals surface area contributed by atoms with E-state index in [1.807, 2.05) is 23.1 Å². The zero-order valence-electron chi connectivity index (χ0n) is 11.7. The Morgan fingerprint density at radius 2 is 1.95 bits per heavy atom. The number of amides is 2. The molecule has 0 aromatic heterocycles. The first-order valence-corrected chi connectivity index (χ1v) is 8.02. The number of piperidine rings is 1. The molecule has 0 unspecified atom stereocenters. The third-order valence-electron chi connectivity index (χ3n) is 3.60. The molecule has 2 amide bonds. The molecule has 0 bridgehead atoms. The number of nitrogens with one attached hydrogen (secondary N) is 1. The molecule has 2 rings (SSSR count). The van der Waals surface area contributed by atoms with Crippen LogP contribution < -0.4 is 5.32 Å². The molecule has 1 saturated heterocycles. The lowest BCUT2D eigenvalue weighted by molar-refractivity contribution is -0.121. The van der Waals surface area contributed by atoms with Gasteiger partial charge < -0.3 is 10.2 Å². The van der Waals surface area contributed by atoms with E-state index in [1.165, 1.54) is 0 Å². The average Bonchev–Trinajstić information content (AvgIpc) is 2.48. The van der Waals surface area contributed by atoms with Gasteiger partial charge in [-0.1, -0.05) is 12.1 Å². The number of nitrogens with zero attached hydrogens (tertiary/aromatic N) is 1. The van der Waals surface area contributed by atoms with Gasteiger partial charge in [-0.15, -0.1) is 24.2 Å². The van der Waals surface area contributed by atoms with Gasteiger partial charge in [-0.05, 0) is 25.0 Å². The van der Waals surface area contributed by atoms with Crippen LogP contribution in [-0.4, -0.2) is 41.7 Å². The van der Waals surface area contributed by atoms with Crippen LogP contribution in [0.15, 0.2) is 29.2 Å². The van der Waals surface area contributed by atoms with E-state index in [2.05, 4.69) is 17.9 Å². The first kappa shape index (κ1) is 16.2. The van der Waals surface area contributed by atoms with Crippen LogP contribution in [0.1, 0.15) is 29.6 Å². The molecule has 4 nitrogen and oxygen atoms in total. The molecule has 0 radical (unpaired) electrons. The second-order valence-electron chi connectivity index (χ2n) is 5.09. The summed E-state index contributed by atoms with van der Waals surface area (Å²) in [7, 11) is 0. The van der Waals surface area contributed by atoms with Crippen molar-refractivity contribution >= 4 is 36.0 Å². The number of likely N-dealkylation sites (tertiary alicyclic amines) is 1. The maximum Gasteiger partial charge on any atom is 0.254 e. The standard InChI is InChI=1S/C15H19ClN2O2S/c16-8-5-14(19)17-11-6-9-18(10-7-11)15(20)12-3-1-2-4-13(12)21/h1-4,11,21H,5-10H2,(H,17,19). The Morgan fingerprint density at radius 1 is 1.29 bits per heavy atom. The van der Waals surface area contributed by atoms with Crippen molar-refractivity contribution < 1.29 is 9.59 Å². The molecular weight excluding hydrogens is 308 g/mol. The molecule has 21 heavy (non-hydrogen) atoms. The normalized spacial score (nSPS) is 15.8. The number of carbonyl (C=O) groups is 2. The van der Waals surface area contributed by atoms with Crippen molar-refractivity contribution in [2.24, 2.45) is 0 Å². The number of hydrogen-bond donors (Lipinski definition) is 2. The molecular formula is C15H19ClN2O2S. The van der Waals surface area contributed by atoms with Crippen molar-refractivity contribution in [3.8, 4) is 0 Å². The highest BCUT2D eigenvalue weighted by Gasteiger charge is 2.25. The number of alkyl halides is 1. The number of carbonyl (C=O) groups excluding carboxylic acids is 2. The van der Waals surface area contributed by atoms with E-state index >= 15 is 0 Å². The van der Waals surface area contributed by atoms with Crippen molar-refractivity contribution in [3.63, 3.8) is 0 Å². The monoisotopic (exact) mass is 326 g/mol. The fourth-order valence-electron chi connectivity index (χ4n) is 2.44. The van der Waals surface area contributed by atoms with E-state index < -0.39 is 0 Å². The summed E-state index contributed by atoms with van der Waals surface area (Å²) in [6.07, 6.45) is 1.89. The van der Waals surface area contributed by atoms with Crippen molar-refractivity contribution in [2.45, 2.75) is 30.2 Å². The lowest BCUT2D eigenvalue weighted by Gasteiger charge is -2.32. The van der Waals surface area contributed by atoms with Crippen molar-refractivity contribution in [1.29, 1.82) is 0 Å². The van der Waals surface area contributed by atoms with Gasteiger partial charge in [-0.2, -0.15) is 0 Å². The maximum absolute atomic E-state index is 12.4. The summed E-state index contributed by atoms with van der Waals surface area (Å²) in [5.41, 5.74) is 0.630. The van der Waals surface area contributed by atoms with Gasteiger partial charge in [0.05, 0.1) is 5.56 Å². The number of hydrogen-bond acceptors (Lipinski definition) is 3. The lowest BCUT2D eigenvalue weighted by atomic mass is 10.0. The molecule has 0 saturated carbocycles. The summed E-state index contributed by atoms with van der Waals surface area (Å²) < 4.78 is 0. The van der Waals surface area contributed by atoms with E-state index in [1.54, 1.807) is 6.07 Å². The minimum atomic E-state index is -0.0181. The van der Waals surface area contributed by atoms with E-state index in [0.29, 0.717) is 35.8 Å². The highest BCUT2D eigenvalue weighted by Crippen LogP contribution is 2.18. The van der Waals surface area contributed by atoms with Crippen LogP contribution in [0.4, 0.5) is 0 Å². The van der Waals surface area contributed by atoms with Crippen LogP contribution >= 0.6 is 24.2 Å². The Bertz CT molecular complexity index is 516. The third kappa shape index (κ3) is 4.38. The largest absolute Gasteiger partial charge is 0.353 e. The molecule has 114 valence electrons. The predicted molar refractivity (Wildman–Crippen MR) is 86.1 cm³/mol. The van der Waals surface area contributed by atoms with E-state index in [4.69, 9.17) is 11.6 Å². The maximum atomic E-state index is 12.4. The SMILES string of the molecule is O=C(CCCl)NC1CCN(C(=O)c2ccccc2S)CC1. The van der Waals surface area contributed by atoms with Crippen LogP contribution in [0.5, 0.6) is 0 Å². The number of rotatable bonds is 4. The summed E-state index contributed by atoms with van der Waals surface area (Å²) in [6, 6.07) is 7.44. The second-order valence-corrected chi connectivity index (χ2v) is 5.95. The van der Waals surface area contributed by atoms with Crippen LogP contribution in [0, 0.1) is 0 Å². The van der Waals surface area contributed by atoms with Gasteiger partial charge in [-0.3, -0.25) is 9.59 Å². The Balaban J connectivity index is 1.88. The Hall–Kier alpha value is -1.20. The van der Waals surface area contributed by atoms with Gasteiger partial charge >= 0.3 is 0 Å². The smallest absolute Gasteiger partial charge is 0.254 e. The van der Waals surface area contributed by atoms with Gasteiger partial charge in [0, 0.05) is 36.3 Å². The molecule has 6 heteroatoms. The average molecular weight is 327 g/mol. The van der Waals surface area contributed by atoms with E-state index in [-0.39, 0.29) is 17.9 Å². The summed E-state index contributed by atoms with van der Waals surface area (Å²) in [6.45, 7) is 1.29. The van der Waals surface area contributed by atoms with E-state index in [9.17, 15) is 9.59 Å². The highest BCUT2D eigenvalue weighted by molar-refractivity contribution is 7.80. The third-order valence-corrected chi connectivity index (χ3v) is 4.18. The minimum Gasteiger partial charge on any atom is -0.353 e. The zero-order valence-corrected chi connectivity index (χ0v) is 13.4. The molecule has 1 N–H and O–H groups in total. The Labute approximate surface area is 135 Å². The van der Waals surface area contributed by atoms with Crippen LogP contribution in [0.2, 0.25) is 0 Å². The molecule has 1 aromatic rings. The fourth-order valence-corrected chi connectivity index (χ4v) is 2.87. The number of thiol groups is 1. The summed E-state index contributed by atoms with van der Waals surface area (Å²) in [4.78, 5) is 26.4. The Kier molecular flexibility index (Phi) is 5.94. The number of benzene rings is 1. The number of halogens is 1. The fraction of sp³-hybridized carbons (Fsp3) is 0.467. The van der Waals surface area contributed by atoms with Gasteiger partial charge in [0.25, 0.3) is 5.91 Å². The van der Waals surface area contributed by atoms with Gasteiger partial charge in [0.1, 0.15) is 0 Å². The van der Waals surface area contributed by atoms with Gasteiger partial charge in [-0.25, -0.2) is 0 Å². The molecule has 1 fully saturated rings. The van der Waals surface area contributed by atoms with Crippen molar-refractivity contribution in [1.82, 2.24) is 10.2 Å². The van der Waals surface area contributed by atoms with Crippen LogP contribution in [0.3, 0.4) is 0 Å². The van der Waals surface area contributed by atoms with Crippen molar-refractivity contribution in [3.05, 3.63) is 29.8 Å². The summed E-state index contributed by atoms with van der Waals surface area (Å²) >= 11 is 9.87. The Morgan fingerprint density at radius 3 is 2.57 bits per heavy atom. The molecule has 0 aliphatic carbocycles. The topological polar surface area (TPSA) is 49.4 Å². The second kappa shape index (κ2) is 7.71. The van der Waals surface area contributed by atoms with Crippen LogP contribution in [0.25, 0.3) is 0 Å². The predicted octanol–water partition coefficient (Wildman–Crippen LogP) is 2.33. The summed E-state index contributed by atoms with van der Waals surface area (Å²) in [5, 5.41) is 2.95. The van der Waals surface area contributed by atoms with Crippen molar-refractivity contribution in [2.75, 3.05) is 19.0 Å². The quantitative estimate of drug-likeness (QED) is 0.659. The molecule has 0 spiro atoms. The first-order valence-electron chi connectivity index (χ1n) is 7.04. The summed E-state index contributed by atoms with van der Waals surface area (Å²) in [5.74, 6) is 0.323. The molecule has 1 aromatic carbocycles. The van der Waals surface area contributed by atoms with Gasteiger partial charge in [0.2, 0.25) is 5.91 Å². The van der Waals surface area contributed by atoms with Crippen LogP contribution in [-0.2, 0) is 4.79 Å². The molecule has 1 aliphatic heterocycles. The zero-order chi connectivity index (χ0) is 15.2. The molecule has 0 atom stereocenters.